The Hall–Kier alpha value is -1.06. The summed E-state index contributed by atoms with van der Waals surface area (Å²) in [5.74, 6) is 2.80. The summed E-state index contributed by atoms with van der Waals surface area (Å²) in [4.78, 5) is 4.61. The smallest absolute Gasteiger partial charge is 0.127 e. The first kappa shape index (κ1) is 17.8. The molecule has 0 atom stereocenters. The number of aryl methyl sites for hydroxylation is 2. The standard InChI is InChI=1S/C19H25N4.Ir/c1-13-11-12-17(14(2)20-13)19-22-21-18(15-7-3-4-8-15)23(19)16-9-5-6-10-16;/h11,15-16H,3-10H2,1-2H3;/q-1;. The van der Waals surface area contributed by atoms with Crippen LogP contribution >= 0.6 is 0 Å². The van der Waals surface area contributed by atoms with Crippen LogP contribution in [0.5, 0.6) is 0 Å². The van der Waals surface area contributed by atoms with E-state index in [1.54, 1.807) is 0 Å². The summed E-state index contributed by atoms with van der Waals surface area (Å²) in [6.07, 6.45) is 10.3. The molecule has 0 unspecified atom stereocenters. The van der Waals surface area contributed by atoms with Crippen LogP contribution in [0.1, 0.15) is 80.5 Å². The van der Waals surface area contributed by atoms with Crippen molar-refractivity contribution in [2.24, 2.45) is 0 Å². The number of aromatic nitrogens is 4. The average Bonchev–Trinajstić information content (AvgIpc) is 3.27. The van der Waals surface area contributed by atoms with Gasteiger partial charge in [0.2, 0.25) is 0 Å². The predicted octanol–water partition coefficient (Wildman–Crippen LogP) is 4.53. The van der Waals surface area contributed by atoms with E-state index in [0.29, 0.717) is 12.0 Å². The minimum atomic E-state index is 0. The second-order valence-electron chi connectivity index (χ2n) is 7.17. The monoisotopic (exact) mass is 502 g/mol. The summed E-state index contributed by atoms with van der Waals surface area (Å²) in [6, 6.07) is 5.93. The normalized spacial score (nSPS) is 18.9. The van der Waals surface area contributed by atoms with Gasteiger partial charge in [0.05, 0.1) is 5.82 Å². The van der Waals surface area contributed by atoms with E-state index in [9.17, 15) is 0 Å². The third kappa shape index (κ3) is 3.21. The third-order valence-corrected chi connectivity index (χ3v) is 5.49. The first-order chi connectivity index (χ1) is 11.2. The van der Waals surface area contributed by atoms with Gasteiger partial charge in [0.1, 0.15) is 5.82 Å². The molecule has 2 aliphatic carbocycles. The fourth-order valence-corrected chi connectivity index (χ4v) is 4.32. The van der Waals surface area contributed by atoms with Crippen LogP contribution in [0.3, 0.4) is 0 Å². The van der Waals surface area contributed by atoms with Crippen molar-refractivity contribution in [1.82, 2.24) is 19.7 Å². The molecule has 2 saturated carbocycles. The Bertz CT molecular complexity index is 697. The van der Waals surface area contributed by atoms with Gasteiger partial charge in [0, 0.05) is 32.1 Å². The van der Waals surface area contributed by atoms with Crippen molar-refractivity contribution in [2.45, 2.75) is 77.2 Å². The van der Waals surface area contributed by atoms with E-state index in [4.69, 9.17) is 0 Å². The zero-order valence-corrected chi connectivity index (χ0v) is 16.9. The Labute approximate surface area is 157 Å². The van der Waals surface area contributed by atoms with Crippen molar-refractivity contribution in [1.29, 1.82) is 0 Å². The summed E-state index contributed by atoms with van der Waals surface area (Å²) in [6.45, 7) is 4.07. The molecule has 131 valence electrons. The number of pyridine rings is 1. The summed E-state index contributed by atoms with van der Waals surface area (Å²) < 4.78 is 2.46. The van der Waals surface area contributed by atoms with Crippen LogP contribution in [0.2, 0.25) is 0 Å². The molecule has 2 aromatic rings. The van der Waals surface area contributed by atoms with Gasteiger partial charge in [0.15, 0.2) is 0 Å². The molecular formula is C19H25IrN4-. The molecular weight excluding hydrogens is 476 g/mol. The molecule has 5 heteroatoms. The van der Waals surface area contributed by atoms with Crippen molar-refractivity contribution in [3.8, 4) is 11.4 Å². The van der Waals surface area contributed by atoms with Gasteiger partial charge in [-0.15, -0.1) is 17.2 Å². The second-order valence-corrected chi connectivity index (χ2v) is 7.17. The van der Waals surface area contributed by atoms with Crippen LogP contribution in [-0.4, -0.2) is 19.7 Å². The molecule has 2 aromatic heterocycles. The molecule has 0 aromatic carbocycles. The Morgan fingerprint density at radius 3 is 2.33 bits per heavy atom. The average molecular weight is 502 g/mol. The van der Waals surface area contributed by atoms with Crippen LogP contribution in [0.15, 0.2) is 6.07 Å². The molecule has 0 saturated heterocycles. The van der Waals surface area contributed by atoms with Crippen LogP contribution in [0, 0.1) is 19.9 Å². The van der Waals surface area contributed by atoms with E-state index in [2.05, 4.69) is 32.7 Å². The van der Waals surface area contributed by atoms with Crippen LogP contribution in [-0.2, 0) is 20.1 Å². The number of hydrogen-bond donors (Lipinski definition) is 0. The molecule has 2 heterocycles. The molecule has 0 amide bonds. The van der Waals surface area contributed by atoms with Crippen molar-refractivity contribution in [3.63, 3.8) is 0 Å². The Balaban J connectivity index is 0.00000169. The maximum absolute atomic E-state index is 4.65. The van der Waals surface area contributed by atoms with Gasteiger partial charge in [-0.3, -0.25) is 0 Å². The first-order valence-electron chi connectivity index (χ1n) is 9.05. The first-order valence-corrected chi connectivity index (χ1v) is 9.05. The van der Waals surface area contributed by atoms with Gasteiger partial charge in [0.25, 0.3) is 0 Å². The van der Waals surface area contributed by atoms with Gasteiger partial charge in [-0.1, -0.05) is 45.1 Å². The fourth-order valence-electron chi connectivity index (χ4n) is 4.32. The molecule has 0 bridgehead atoms. The zero-order chi connectivity index (χ0) is 15.8. The quantitative estimate of drug-likeness (QED) is 0.581. The SMILES string of the molecule is Cc1c[c-]c(-c2nnc(C3CCCC3)n2C2CCCC2)c(C)n1.[Ir]. The van der Waals surface area contributed by atoms with Crippen LogP contribution in [0.25, 0.3) is 11.4 Å². The van der Waals surface area contributed by atoms with E-state index >= 15 is 0 Å². The van der Waals surface area contributed by atoms with Crippen LogP contribution < -0.4 is 0 Å². The van der Waals surface area contributed by atoms with E-state index in [-0.39, 0.29) is 20.1 Å². The van der Waals surface area contributed by atoms with E-state index in [1.165, 1.54) is 57.2 Å². The molecule has 2 aliphatic rings. The summed E-state index contributed by atoms with van der Waals surface area (Å²) in [7, 11) is 0. The van der Waals surface area contributed by atoms with Gasteiger partial charge < -0.3 is 9.55 Å². The molecule has 0 N–H and O–H groups in total. The van der Waals surface area contributed by atoms with E-state index in [1.807, 2.05) is 13.0 Å². The van der Waals surface area contributed by atoms with Crippen molar-refractivity contribution < 1.29 is 20.1 Å². The minimum Gasteiger partial charge on any atom is -0.354 e. The topological polar surface area (TPSA) is 43.6 Å². The number of rotatable bonds is 3. The third-order valence-electron chi connectivity index (χ3n) is 5.49. The Morgan fingerprint density at radius 2 is 1.67 bits per heavy atom. The maximum Gasteiger partial charge on any atom is 0.127 e. The van der Waals surface area contributed by atoms with Gasteiger partial charge in [-0.25, -0.2) is 0 Å². The van der Waals surface area contributed by atoms with Crippen molar-refractivity contribution >= 4 is 0 Å². The summed E-state index contributed by atoms with van der Waals surface area (Å²) >= 11 is 0. The maximum atomic E-state index is 4.65. The largest absolute Gasteiger partial charge is 0.354 e. The summed E-state index contributed by atoms with van der Waals surface area (Å²) in [5, 5.41) is 9.26. The van der Waals surface area contributed by atoms with E-state index < -0.39 is 0 Å². The molecule has 4 rings (SSSR count). The van der Waals surface area contributed by atoms with Crippen molar-refractivity contribution in [2.75, 3.05) is 0 Å². The Kier molecular flexibility index (Phi) is 5.51. The molecule has 4 nitrogen and oxygen atoms in total. The molecule has 24 heavy (non-hydrogen) atoms. The number of nitrogens with zero attached hydrogens (tertiary/aromatic N) is 4. The van der Waals surface area contributed by atoms with Gasteiger partial charge in [-0.2, -0.15) is 5.10 Å². The molecule has 1 radical (unpaired) electrons. The minimum absolute atomic E-state index is 0. The van der Waals surface area contributed by atoms with Gasteiger partial charge in [-0.05, 0) is 37.1 Å². The predicted molar refractivity (Wildman–Crippen MR) is 90.3 cm³/mol. The molecule has 0 aliphatic heterocycles. The molecule has 2 fully saturated rings. The number of hydrogen-bond acceptors (Lipinski definition) is 3. The van der Waals surface area contributed by atoms with E-state index in [0.717, 1.165) is 22.8 Å². The van der Waals surface area contributed by atoms with Crippen LogP contribution in [0.4, 0.5) is 0 Å². The summed E-state index contributed by atoms with van der Waals surface area (Å²) in [5.41, 5.74) is 3.04. The van der Waals surface area contributed by atoms with Crippen molar-refractivity contribution in [3.05, 3.63) is 29.3 Å². The Morgan fingerprint density at radius 1 is 1.00 bits per heavy atom. The molecule has 0 spiro atoms. The fraction of sp³-hybridized carbons (Fsp3) is 0.632. The zero-order valence-electron chi connectivity index (χ0n) is 14.5. The second kappa shape index (κ2) is 7.45. The van der Waals surface area contributed by atoms with Gasteiger partial charge >= 0.3 is 0 Å².